The summed E-state index contributed by atoms with van der Waals surface area (Å²) in [5, 5.41) is 4.32. The summed E-state index contributed by atoms with van der Waals surface area (Å²) in [4.78, 5) is 23.2. The minimum atomic E-state index is -0.219. The van der Waals surface area contributed by atoms with Crippen LogP contribution in [0.3, 0.4) is 0 Å². The van der Waals surface area contributed by atoms with Crippen molar-refractivity contribution in [1.29, 1.82) is 0 Å². The van der Waals surface area contributed by atoms with Crippen molar-refractivity contribution >= 4 is 11.7 Å². The van der Waals surface area contributed by atoms with Crippen molar-refractivity contribution < 1.29 is 4.79 Å². The molecule has 7 nitrogen and oxygen atoms in total. The fourth-order valence-corrected chi connectivity index (χ4v) is 2.78. The van der Waals surface area contributed by atoms with Crippen LogP contribution < -0.4 is 5.73 Å². The lowest BCUT2D eigenvalue weighted by molar-refractivity contribution is 0.0750. The molecule has 0 radical (unpaired) electrons. The molecule has 1 amide bonds. The maximum atomic E-state index is 12.8. The fraction of sp³-hybridized carbons (Fsp3) is 0.333. The topological polar surface area (TPSA) is 89.4 Å². The molecular weight excluding hydrogens is 316 g/mol. The van der Waals surface area contributed by atoms with Crippen molar-refractivity contribution in [2.24, 2.45) is 5.73 Å². The summed E-state index contributed by atoms with van der Waals surface area (Å²) in [6.07, 6.45) is 0.760. The van der Waals surface area contributed by atoms with Crippen LogP contribution in [0.2, 0.25) is 0 Å². The third kappa shape index (κ3) is 3.83. The first kappa shape index (κ1) is 17.0. The summed E-state index contributed by atoms with van der Waals surface area (Å²) in [5.74, 6) is 0.378. The second kappa shape index (κ2) is 7.40. The fourth-order valence-electron chi connectivity index (χ4n) is 2.78. The molecule has 0 atom stereocenters. The van der Waals surface area contributed by atoms with Crippen molar-refractivity contribution in [1.82, 2.24) is 24.5 Å². The third-order valence-corrected chi connectivity index (χ3v) is 4.01. The molecule has 3 rings (SSSR count). The normalized spacial score (nSPS) is 11.0. The Morgan fingerprint density at radius 1 is 1.16 bits per heavy atom. The maximum Gasteiger partial charge on any atom is 0.293 e. The number of fused-ring (bicyclic) bond motifs is 1. The van der Waals surface area contributed by atoms with E-state index in [1.807, 2.05) is 50.2 Å². The van der Waals surface area contributed by atoms with Gasteiger partial charge >= 0.3 is 0 Å². The van der Waals surface area contributed by atoms with Gasteiger partial charge in [-0.15, -0.1) is 5.10 Å². The monoisotopic (exact) mass is 338 g/mol. The molecule has 0 aliphatic rings. The number of nitrogens with zero attached hydrogens (tertiary/aromatic N) is 5. The van der Waals surface area contributed by atoms with Crippen LogP contribution in [0.4, 0.5) is 0 Å². The van der Waals surface area contributed by atoms with E-state index in [9.17, 15) is 4.79 Å². The Balaban J connectivity index is 1.81. The quantitative estimate of drug-likeness (QED) is 0.733. The van der Waals surface area contributed by atoms with Crippen molar-refractivity contribution in [2.45, 2.75) is 20.3 Å². The Bertz CT molecular complexity index is 874. The van der Waals surface area contributed by atoms with Crippen LogP contribution in [-0.2, 0) is 6.42 Å². The molecule has 2 N–H and O–H groups in total. The van der Waals surface area contributed by atoms with Gasteiger partial charge in [-0.05, 0) is 31.9 Å². The number of hydrogen-bond acceptors (Lipinski definition) is 5. The first-order valence-electron chi connectivity index (χ1n) is 8.33. The van der Waals surface area contributed by atoms with Crippen LogP contribution >= 0.6 is 0 Å². The number of aryl methyl sites for hydroxylation is 2. The van der Waals surface area contributed by atoms with Gasteiger partial charge in [0.05, 0.1) is 0 Å². The summed E-state index contributed by atoms with van der Waals surface area (Å²) >= 11 is 0. The largest absolute Gasteiger partial charge is 0.334 e. The second-order valence-corrected chi connectivity index (χ2v) is 6.00. The molecule has 0 bridgehead atoms. The molecule has 7 heteroatoms. The number of benzene rings is 1. The minimum absolute atomic E-state index is 0.155. The van der Waals surface area contributed by atoms with Crippen molar-refractivity contribution in [3.8, 4) is 0 Å². The van der Waals surface area contributed by atoms with E-state index in [2.05, 4.69) is 15.1 Å². The standard InChI is InChI=1S/C18H22N6O/c1-13-12-14(2)24-18(20-13)21-16(22-24)17(25)23(11-9-19)10-8-15-6-4-3-5-7-15/h3-7,12H,8-11,19H2,1-2H3. The van der Waals surface area contributed by atoms with E-state index >= 15 is 0 Å². The number of nitrogens with two attached hydrogens (primary N) is 1. The SMILES string of the molecule is Cc1cc(C)n2nc(C(=O)N(CCN)CCc3ccccc3)nc2n1. The summed E-state index contributed by atoms with van der Waals surface area (Å²) in [7, 11) is 0. The van der Waals surface area contributed by atoms with E-state index in [1.165, 1.54) is 5.56 Å². The number of amides is 1. The summed E-state index contributed by atoms with van der Waals surface area (Å²) in [6, 6.07) is 12.0. The smallest absolute Gasteiger partial charge is 0.293 e. The average Bonchev–Trinajstić information content (AvgIpc) is 3.03. The van der Waals surface area contributed by atoms with E-state index < -0.39 is 0 Å². The molecule has 0 aliphatic carbocycles. The molecule has 0 unspecified atom stereocenters. The van der Waals surface area contributed by atoms with Crippen LogP contribution in [0.25, 0.3) is 5.78 Å². The molecule has 0 saturated carbocycles. The highest BCUT2D eigenvalue weighted by Crippen LogP contribution is 2.08. The van der Waals surface area contributed by atoms with Crippen LogP contribution in [0, 0.1) is 13.8 Å². The molecule has 0 aliphatic heterocycles. The Kier molecular flexibility index (Phi) is 5.04. The predicted octanol–water partition coefficient (Wildman–Crippen LogP) is 1.38. The Morgan fingerprint density at radius 3 is 2.64 bits per heavy atom. The van der Waals surface area contributed by atoms with Gasteiger partial charge in [-0.25, -0.2) is 9.50 Å². The lowest BCUT2D eigenvalue weighted by atomic mass is 10.1. The molecule has 3 aromatic rings. The Hall–Kier alpha value is -2.80. The molecule has 2 heterocycles. The van der Waals surface area contributed by atoms with E-state index in [-0.39, 0.29) is 11.7 Å². The predicted molar refractivity (Wildman–Crippen MR) is 95.4 cm³/mol. The number of carbonyl (C=O) groups is 1. The molecule has 0 spiro atoms. The van der Waals surface area contributed by atoms with Gasteiger partial charge in [0, 0.05) is 31.0 Å². The minimum Gasteiger partial charge on any atom is -0.334 e. The van der Waals surface area contributed by atoms with Gasteiger partial charge in [0.15, 0.2) is 0 Å². The molecular formula is C18H22N6O. The summed E-state index contributed by atoms with van der Waals surface area (Å²) in [6.45, 7) is 5.24. The van der Waals surface area contributed by atoms with E-state index in [0.29, 0.717) is 25.4 Å². The van der Waals surface area contributed by atoms with Crippen molar-refractivity contribution in [3.05, 3.63) is 59.2 Å². The second-order valence-electron chi connectivity index (χ2n) is 6.00. The summed E-state index contributed by atoms with van der Waals surface area (Å²) in [5.41, 5.74) is 8.59. The van der Waals surface area contributed by atoms with Gasteiger partial charge in [0.1, 0.15) is 0 Å². The first-order chi connectivity index (χ1) is 12.1. The Morgan fingerprint density at radius 2 is 1.92 bits per heavy atom. The van der Waals surface area contributed by atoms with Gasteiger partial charge in [0.2, 0.25) is 5.82 Å². The summed E-state index contributed by atoms with van der Waals surface area (Å²) < 4.78 is 1.60. The first-order valence-corrected chi connectivity index (χ1v) is 8.33. The molecule has 0 saturated heterocycles. The van der Waals surface area contributed by atoms with E-state index in [4.69, 9.17) is 5.73 Å². The average molecular weight is 338 g/mol. The third-order valence-electron chi connectivity index (χ3n) is 4.01. The highest BCUT2D eigenvalue weighted by molar-refractivity contribution is 5.90. The van der Waals surface area contributed by atoms with Gasteiger partial charge in [-0.2, -0.15) is 4.98 Å². The zero-order valence-corrected chi connectivity index (χ0v) is 14.5. The number of hydrogen-bond donors (Lipinski definition) is 1. The molecule has 0 fully saturated rings. The lowest BCUT2D eigenvalue weighted by Crippen LogP contribution is -2.37. The molecule has 2 aromatic heterocycles. The zero-order valence-electron chi connectivity index (χ0n) is 14.5. The Labute approximate surface area is 146 Å². The lowest BCUT2D eigenvalue weighted by Gasteiger charge is -2.20. The highest BCUT2D eigenvalue weighted by atomic mass is 16.2. The number of rotatable bonds is 6. The number of aromatic nitrogens is 4. The van der Waals surface area contributed by atoms with Crippen LogP contribution in [0.1, 0.15) is 27.6 Å². The van der Waals surface area contributed by atoms with E-state index in [0.717, 1.165) is 17.8 Å². The maximum absolute atomic E-state index is 12.8. The molecule has 25 heavy (non-hydrogen) atoms. The van der Waals surface area contributed by atoms with Gasteiger partial charge in [0.25, 0.3) is 11.7 Å². The van der Waals surface area contributed by atoms with E-state index in [1.54, 1.807) is 9.42 Å². The molecule has 1 aromatic carbocycles. The van der Waals surface area contributed by atoms with Crippen LogP contribution in [0.15, 0.2) is 36.4 Å². The number of carbonyl (C=O) groups excluding carboxylic acids is 1. The van der Waals surface area contributed by atoms with Crippen molar-refractivity contribution in [3.63, 3.8) is 0 Å². The highest BCUT2D eigenvalue weighted by Gasteiger charge is 2.21. The van der Waals surface area contributed by atoms with Crippen LogP contribution in [-0.4, -0.2) is 50.0 Å². The van der Waals surface area contributed by atoms with Crippen LogP contribution in [0.5, 0.6) is 0 Å². The van der Waals surface area contributed by atoms with Gasteiger partial charge in [-0.1, -0.05) is 30.3 Å². The molecule has 130 valence electrons. The van der Waals surface area contributed by atoms with Crippen molar-refractivity contribution in [2.75, 3.05) is 19.6 Å². The zero-order chi connectivity index (χ0) is 17.8. The van der Waals surface area contributed by atoms with Gasteiger partial charge < -0.3 is 10.6 Å². The van der Waals surface area contributed by atoms with Gasteiger partial charge in [-0.3, -0.25) is 4.79 Å².